The Kier molecular flexibility index (Phi) is 8.46. The van der Waals surface area contributed by atoms with Crippen LogP contribution in [0.5, 0.6) is 0 Å². The molecule has 0 rings (SSSR count). The molecule has 0 radical (unpaired) electrons. The Balaban J connectivity index is 3.08. The molecule has 0 aromatic heterocycles. The Morgan fingerprint density at radius 2 is 1.15 bits per heavy atom. The molecule has 0 aromatic carbocycles. The minimum Gasteiger partial charge on any atom is -0.396 e. The van der Waals surface area contributed by atoms with E-state index in [2.05, 4.69) is 13.8 Å². The van der Waals surface area contributed by atoms with Gasteiger partial charge in [0, 0.05) is 13.2 Å². The first-order valence-electron chi connectivity index (χ1n) is 5.42. The quantitative estimate of drug-likeness (QED) is 0.573. The molecule has 2 unspecified atom stereocenters. The monoisotopic (exact) mass is 188 g/mol. The molecule has 0 bridgehead atoms. The maximum Gasteiger partial charge on any atom is 0.0456 e. The molecule has 0 saturated carbocycles. The predicted molar refractivity (Wildman–Crippen MR) is 55.6 cm³/mol. The van der Waals surface area contributed by atoms with Crippen LogP contribution in [0.3, 0.4) is 0 Å². The van der Waals surface area contributed by atoms with Crippen molar-refractivity contribution in [3.8, 4) is 0 Å². The number of aliphatic hydroxyl groups excluding tert-OH is 2. The first kappa shape index (κ1) is 12.9. The molecule has 2 N–H and O–H groups in total. The molecule has 2 heteroatoms. The largest absolute Gasteiger partial charge is 0.396 e. The molecule has 0 fully saturated rings. The lowest BCUT2D eigenvalue weighted by molar-refractivity contribution is 0.220. The van der Waals surface area contributed by atoms with Crippen LogP contribution in [0.1, 0.15) is 46.0 Å². The average molecular weight is 188 g/mol. The van der Waals surface area contributed by atoms with Gasteiger partial charge in [-0.2, -0.15) is 0 Å². The predicted octanol–water partition coefficient (Wildman–Crippen LogP) is 2.19. The summed E-state index contributed by atoms with van der Waals surface area (Å²) < 4.78 is 0. The molecule has 0 amide bonds. The highest BCUT2D eigenvalue weighted by atomic mass is 16.3. The maximum atomic E-state index is 8.78. The van der Waals surface area contributed by atoms with Crippen molar-refractivity contribution in [3.05, 3.63) is 0 Å². The lowest BCUT2D eigenvalue weighted by atomic mass is 10.0. The van der Waals surface area contributed by atoms with E-state index in [4.69, 9.17) is 10.2 Å². The van der Waals surface area contributed by atoms with Gasteiger partial charge in [-0.05, 0) is 24.7 Å². The Morgan fingerprint density at radius 3 is 1.46 bits per heavy atom. The van der Waals surface area contributed by atoms with Crippen LogP contribution in [0, 0.1) is 11.8 Å². The van der Waals surface area contributed by atoms with Gasteiger partial charge in [-0.25, -0.2) is 0 Å². The van der Waals surface area contributed by atoms with Crippen molar-refractivity contribution < 1.29 is 10.2 Å². The summed E-state index contributed by atoms with van der Waals surface area (Å²) in [4.78, 5) is 0. The summed E-state index contributed by atoms with van der Waals surface area (Å²) in [5.41, 5.74) is 0. The van der Waals surface area contributed by atoms with Crippen LogP contribution in [0.25, 0.3) is 0 Å². The van der Waals surface area contributed by atoms with Crippen molar-refractivity contribution in [2.24, 2.45) is 11.8 Å². The molecule has 2 nitrogen and oxygen atoms in total. The van der Waals surface area contributed by atoms with Crippen molar-refractivity contribution in [2.45, 2.75) is 46.0 Å². The van der Waals surface area contributed by atoms with Gasteiger partial charge < -0.3 is 10.2 Å². The van der Waals surface area contributed by atoms with Crippen molar-refractivity contribution in [2.75, 3.05) is 13.2 Å². The third-order valence-electron chi connectivity index (χ3n) is 2.52. The Morgan fingerprint density at radius 1 is 0.769 bits per heavy atom. The molecule has 0 aliphatic rings. The highest BCUT2D eigenvalue weighted by Gasteiger charge is 2.01. The minimum atomic E-state index is 0.313. The highest BCUT2D eigenvalue weighted by molar-refractivity contribution is 4.54. The summed E-state index contributed by atoms with van der Waals surface area (Å²) in [6.07, 6.45) is 5.91. The number of hydrogen-bond acceptors (Lipinski definition) is 2. The van der Waals surface area contributed by atoms with Crippen molar-refractivity contribution in [3.63, 3.8) is 0 Å². The minimum absolute atomic E-state index is 0.313. The van der Waals surface area contributed by atoms with E-state index in [1.807, 2.05) is 0 Å². The van der Waals surface area contributed by atoms with Crippen LogP contribution < -0.4 is 0 Å². The maximum absolute atomic E-state index is 8.78. The average Bonchev–Trinajstić information content (AvgIpc) is 2.16. The standard InChI is InChI=1S/C11H24O2/c1-10(8-12)6-4-3-5-7-11(2)9-13/h10-13H,3-9H2,1-2H3. The molecule has 0 spiro atoms. The summed E-state index contributed by atoms with van der Waals surface area (Å²) >= 11 is 0. The van der Waals surface area contributed by atoms with E-state index < -0.39 is 0 Å². The van der Waals surface area contributed by atoms with Gasteiger partial charge in [0.25, 0.3) is 0 Å². The second-order valence-corrected chi connectivity index (χ2v) is 4.21. The summed E-state index contributed by atoms with van der Waals surface area (Å²) in [7, 11) is 0. The molecular formula is C11H24O2. The third kappa shape index (κ3) is 8.26. The molecule has 0 aliphatic carbocycles. The van der Waals surface area contributed by atoms with E-state index in [1.54, 1.807) is 0 Å². The summed E-state index contributed by atoms with van der Waals surface area (Å²) in [6, 6.07) is 0. The lowest BCUT2D eigenvalue weighted by Gasteiger charge is -2.09. The van der Waals surface area contributed by atoms with Gasteiger partial charge in [-0.3, -0.25) is 0 Å². The molecule has 0 aromatic rings. The first-order chi connectivity index (χ1) is 6.20. The molecule has 80 valence electrons. The van der Waals surface area contributed by atoms with Crippen LogP contribution in [0.4, 0.5) is 0 Å². The fourth-order valence-electron chi connectivity index (χ4n) is 1.34. The Labute approximate surface area is 82.0 Å². The van der Waals surface area contributed by atoms with E-state index in [-0.39, 0.29) is 0 Å². The van der Waals surface area contributed by atoms with E-state index >= 15 is 0 Å². The molecule has 0 heterocycles. The number of unbranched alkanes of at least 4 members (excludes halogenated alkanes) is 2. The topological polar surface area (TPSA) is 40.5 Å². The zero-order valence-electron chi connectivity index (χ0n) is 9.00. The van der Waals surface area contributed by atoms with Gasteiger partial charge in [0.1, 0.15) is 0 Å². The van der Waals surface area contributed by atoms with Crippen LogP contribution in [-0.4, -0.2) is 23.4 Å². The zero-order chi connectivity index (χ0) is 10.1. The normalized spacial score (nSPS) is 15.7. The molecule has 2 atom stereocenters. The fourth-order valence-corrected chi connectivity index (χ4v) is 1.34. The van der Waals surface area contributed by atoms with Crippen molar-refractivity contribution in [1.29, 1.82) is 0 Å². The van der Waals surface area contributed by atoms with E-state index in [0.717, 1.165) is 12.8 Å². The molecule has 13 heavy (non-hydrogen) atoms. The third-order valence-corrected chi connectivity index (χ3v) is 2.52. The van der Waals surface area contributed by atoms with Gasteiger partial charge in [0.05, 0.1) is 0 Å². The highest BCUT2D eigenvalue weighted by Crippen LogP contribution is 2.12. The molecule has 0 aliphatic heterocycles. The lowest BCUT2D eigenvalue weighted by Crippen LogP contribution is -2.01. The summed E-state index contributed by atoms with van der Waals surface area (Å²) in [6.45, 7) is 4.78. The summed E-state index contributed by atoms with van der Waals surface area (Å²) in [5, 5.41) is 17.6. The van der Waals surface area contributed by atoms with Gasteiger partial charge in [-0.15, -0.1) is 0 Å². The van der Waals surface area contributed by atoms with Gasteiger partial charge >= 0.3 is 0 Å². The molecule has 0 saturated heterocycles. The van der Waals surface area contributed by atoms with E-state index in [0.29, 0.717) is 25.0 Å². The van der Waals surface area contributed by atoms with Gasteiger partial charge in [0.15, 0.2) is 0 Å². The van der Waals surface area contributed by atoms with Crippen molar-refractivity contribution >= 4 is 0 Å². The number of hydrogen-bond donors (Lipinski definition) is 2. The first-order valence-corrected chi connectivity index (χ1v) is 5.42. The second kappa shape index (κ2) is 8.52. The van der Waals surface area contributed by atoms with Gasteiger partial charge in [-0.1, -0.05) is 33.1 Å². The van der Waals surface area contributed by atoms with Crippen LogP contribution in [0.15, 0.2) is 0 Å². The van der Waals surface area contributed by atoms with Gasteiger partial charge in [0.2, 0.25) is 0 Å². The smallest absolute Gasteiger partial charge is 0.0456 e. The Hall–Kier alpha value is -0.0800. The Bertz CT molecular complexity index is 92.3. The van der Waals surface area contributed by atoms with E-state index in [1.165, 1.54) is 19.3 Å². The zero-order valence-corrected chi connectivity index (χ0v) is 9.00. The van der Waals surface area contributed by atoms with Crippen LogP contribution in [0.2, 0.25) is 0 Å². The SMILES string of the molecule is CC(CO)CCCCCC(C)CO. The van der Waals surface area contributed by atoms with Crippen LogP contribution >= 0.6 is 0 Å². The fraction of sp³-hybridized carbons (Fsp3) is 1.00. The summed E-state index contributed by atoms with van der Waals surface area (Å²) in [5.74, 6) is 0.908. The molecular weight excluding hydrogens is 164 g/mol. The number of rotatable bonds is 8. The number of aliphatic hydroxyl groups is 2. The van der Waals surface area contributed by atoms with E-state index in [9.17, 15) is 0 Å². The van der Waals surface area contributed by atoms with Crippen LogP contribution in [-0.2, 0) is 0 Å². The van der Waals surface area contributed by atoms with Crippen molar-refractivity contribution in [1.82, 2.24) is 0 Å². The second-order valence-electron chi connectivity index (χ2n) is 4.21.